The van der Waals surface area contributed by atoms with E-state index < -0.39 is 8.07 Å². The van der Waals surface area contributed by atoms with E-state index in [-0.39, 0.29) is 0 Å². The predicted octanol–water partition coefficient (Wildman–Crippen LogP) is 8.22. The topological polar surface area (TPSA) is 0 Å². The van der Waals surface area contributed by atoms with E-state index in [0.29, 0.717) is 11.1 Å². The minimum atomic E-state index is -1.67. The van der Waals surface area contributed by atoms with E-state index in [4.69, 9.17) is 0 Å². The first-order chi connectivity index (χ1) is 14.0. The number of hydrogen-bond acceptors (Lipinski definition) is 0. The Kier molecular flexibility index (Phi) is 4.70. The fraction of sp³-hybridized carbons (Fsp3) is 0.429. The highest BCUT2D eigenvalue weighted by atomic mass is 28.3. The molecule has 1 fully saturated rings. The minimum absolute atomic E-state index is 0.622. The monoisotopic (exact) mass is 398 g/mol. The Labute approximate surface area is 177 Å². The van der Waals surface area contributed by atoms with Crippen molar-refractivity contribution in [3.05, 3.63) is 81.4 Å². The highest BCUT2D eigenvalue weighted by molar-refractivity contribution is 6.81. The van der Waals surface area contributed by atoms with Crippen molar-refractivity contribution in [3.8, 4) is 0 Å². The summed E-state index contributed by atoms with van der Waals surface area (Å²) < 4.78 is 0. The molecule has 2 unspecified atom stereocenters. The molecule has 0 spiro atoms. The molecule has 0 nitrogen and oxygen atoms in total. The molecule has 0 N–H and O–H groups in total. The van der Waals surface area contributed by atoms with Gasteiger partial charge in [-0.05, 0) is 60.4 Å². The molecule has 3 aliphatic rings. The Morgan fingerprint density at radius 2 is 1.31 bits per heavy atom. The summed E-state index contributed by atoms with van der Waals surface area (Å²) in [6.45, 7) is 10.1. The van der Waals surface area contributed by atoms with Gasteiger partial charge in [0.25, 0.3) is 0 Å². The number of benzene rings is 2. The third kappa shape index (κ3) is 3.01. The van der Waals surface area contributed by atoms with Crippen molar-refractivity contribution >= 4 is 20.2 Å². The molecule has 3 aliphatic carbocycles. The van der Waals surface area contributed by atoms with Crippen molar-refractivity contribution in [1.29, 1.82) is 0 Å². The van der Waals surface area contributed by atoms with E-state index in [1.807, 2.05) is 0 Å². The Morgan fingerprint density at radius 1 is 0.690 bits per heavy atom. The lowest BCUT2D eigenvalue weighted by molar-refractivity contribution is 0.443. The van der Waals surface area contributed by atoms with E-state index in [0.717, 1.165) is 5.92 Å². The summed E-state index contributed by atoms with van der Waals surface area (Å²) in [4.78, 5) is 0. The number of rotatable bonds is 3. The lowest BCUT2D eigenvalue weighted by atomic mass is 9.81. The average Bonchev–Trinajstić information content (AvgIpc) is 3.24. The van der Waals surface area contributed by atoms with Gasteiger partial charge >= 0.3 is 0 Å². The molecule has 2 aromatic carbocycles. The Morgan fingerprint density at radius 3 is 2.10 bits per heavy atom. The average molecular weight is 399 g/mol. The third-order valence-corrected chi connectivity index (χ3v) is 12.5. The summed E-state index contributed by atoms with van der Waals surface area (Å²) in [5.74, 6) is 0.778. The second kappa shape index (κ2) is 7.13. The van der Waals surface area contributed by atoms with Crippen LogP contribution in [-0.4, -0.2) is 8.07 Å². The van der Waals surface area contributed by atoms with Crippen LogP contribution < -0.4 is 0 Å². The fourth-order valence-corrected chi connectivity index (χ4v) is 11.9. The highest BCUT2D eigenvalue weighted by Gasteiger charge is 2.46. The van der Waals surface area contributed by atoms with Crippen LogP contribution >= 0.6 is 0 Å². The van der Waals surface area contributed by atoms with Crippen LogP contribution in [-0.2, 0) is 0 Å². The molecule has 1 heteroatoms. The standard InChI is InChI=1S/C28H34Si/c1-19-17-22-13-8-9-14-24(22)27(19)29(3,4)28-20(2)18-26-23(15-10-16-25(26)28)21-11-6-5-7-12-21/h8-10,13-18,21,27-28H,5-7,11-12H2,1-4H3. The quantitative estimate of drug-likeness (QED) is 0.457. The first-order valence-corrected chi connectivity index (χ1v) is 14.7. The number of fused-ring (bicyclic) bond motifs is 2. The van der Waals surface area contributed by atoms with Gasteiger partial charge in [0.2, 0.25) is 0 Å². The first-order valence-electron chi connectivity index (χ1n) is 11.6. The zero-order valence-electron chi connectivity index (χ0n) is 18.5. The van der Waals surface area contributed by atoms with Crippen LogP contribution in [0.25, 0.3) is 12.2 Å². The SMILES string of the molecule is CC1=Cc2ccccc2C1[Si](C)(C)C1C(C)=Cc2c(C3CCCCC3)cccc21. The van der Waals surface area contributed by atoms with Crippen molar-refractivity contribution in [2.45, 2.75) is 76.0 Å². The molecule has 0 aliphatic heterocycles. The van der Waals surface area contributed by atoms with E-state index in [1.165, 1.54) is 37.7 Å². The Hall–Kier alpha value is -1.86. The van der Waals surface area contributed by atoms with E-state index >= 15 is 0 Å². The molecule has 150 valence electrons. The highest BCUT2D eigenvalue weighted by Crippen LogP contribution is 2.53. The van der Waals surface area contributed by atoms with E-state index in [1.54, 1.807) is 33.4 Å². The molecule has 5 rings (SSSR count). The van der Waals surface area contributed by atoms with Gasteiger partial charge in [0.15, 0.2) is 0 Å². The van der Waals surface area contributed by atoms with Crippen molar-refractivity contribution in [1.82, 2.24) is 0 Å². The summed E-state index contributed by atoms with van der Waals surface area (Å²) in [6, 6.07) is 16.4. The van der Waals surface area contributed by atoms with Gasteiger partial charge < -0.3 is 0 Å². The van der Waals surface area contributed by atoms with Crippen LogP contribution in [0, 0.1) is 0 Å². The summed E-state index contributed by atoms with van der Waals surface area (Å²) in [5, 5.41) is 0. The molecule has 2 aromatic rings. The molecule has 0 heterocycles. The van der Waals surface area contributed by atoms with Crippen LogP contribution in [0.4, 0.5) is 0 Å². The molecule has 0 saturated heterocycles. The number of allylic oxidation sites excluding steroid dienone is 2. The maximum absolute atomic E-state index is 2.64. The zero-order valence-corrected chi connectivity index (χ0v) is 19.5. The maximum atomic E-state index is 2.64. The summed E-state index contributed by atoms with van der Waals surface area (Å²) >= 11 is 0. The maximum Gasteiger partial charge on any atom is 0.0722 e. The molecule has 0 radical (unpaired) electrons. The van der Waals surface area contributed by atoms with Crippen molar-refractivity contribution < 1.29 is 0 Å². The molecular formula is C28H34Si. The van der Waals surface area contributed by atoms with E-state index in [2.05, 4.69) is 81.6 Å². The van der Waals surface area contributed by atoms with Crippen LogP contribution in [0.1, 0.15) is 90.8 Å². The Bertz CT molecular complexity index is 1000. The number of hydrogen-bond donors (Lipinski definition) is 0. The van der Waals surface area contributed by atoms with Gasteiger partial charge in [0, 0.05) is 11.1 Å². The zero-order chi connectivity index (χ0) is 20.2. The third-order valence-electron chi connectivity index (χ3n) is 7.99. The second-order valence-corrected chi connectivity index (χ2v) is 15.1. The summed E-state index contributed by atoms with van der Waals surface area (Å²) in [5.41, 5.74) is 12.3. The largest absolute Gasteiger partial charge is 0.0722 e. The van der Waals surface area contributed by atoms with Gasteiger partial charge in [-0.25, -0.2) is 0 Å². The first kappa shape index (κ1) is 19.1. The predicted molar refractivity (Wildman–Crippen MR) is 129 cm³/mol. The molecule has 2 atom stereocenters. The molecule has 0 amide bonds. The van der Waals surface area contributed by atoms with Gasteiger partial charge in [-0.2, -0.15) is 0 Å². The summed E-state index contributed by atoms with van der Waals surface area (Å²) in [7, 11) is -1.67. The molecule has 0 aromatic heterocycles. The van der Waals surface area contributed by atoms with Crippen LogP contribution in [0.5, 0.6) is 0 Å². The van der Waals surface area contributed by atoms with Gasteiger partial charge in [-0.15, -0.1) is 0 Å². The van der Waals surface area contributed by atoms with Gasteiger partial charge in [-0.3, -0.25) is 0 Å². The normalized spacial score (nSPS) is 24.1. The van der Waals surface area contributed by atoms with Gasteiger partial charge in [0.05, 0.1) is 8.07 Å². The van der Waals surface area contributed by atoms with Crippen LogP contribution in [0.2, 0.25) is 13.1 Å². The lowest BCUT2D eigenvalue weighted by Gasteiger charge is -2.39. The smallest absolute Gasteiger partial charge is 0.0679 e. The molecule has 29 heavy (non-hydrogen) atoms. The van der Waals surface area contributed by atoms with Gasteiger partial charge in [-0.1, -0.05) is 98.1 Å². The second-order valence-electron chi connectivity index (χ2n) is 10.3. The van der Waals surface area contributed by atoms with E-state index in [9.17, 15) is 0 Å². The van der Waals surface area contributed by atoms with Crippen molar-refractivity contribution in [3.63, 3.8) is 0 Å². The van der Waals surface area contributed by atoms with Crippen LogP contribution in [0.15, 0.2) is 53.6 Å². The molecule has 1 saturated carbocycles. The van der Waals surface area contributed by atoms with Crippen molar-refractivity contribution in [2.24, 2.45) is 0 Å². The lowest BCUT2D eigenvalue weighted by Crippen LogP contribution is -2.42. The van der Waals surface area contributed by atoms with Crippen LogP contribution in [0.3, 0.4) is 0 Å². The minimum Gasteiger partial charge on any atom is -0.0679 e. The molecular weight excluding hydrogens is 364 g/mol. The Balaban J connectivity index is 1.57. The van der Waals surface area contributed by atoms with Gasteiger partial charge in [0.1, 0.15) is 0 Å². The molecule has 0 bridgehead atoms. The fourth-order valence-electron chi connectivity index (χ4n) is 6.97. The summed E-state index contributed by atoms with van der Waals surface area (Å²) in [6.07, 6.45) is 12.0. The van der Waals surface area contributed by atoms with Crippen molar-refractivity contribution in [2.75, 3.05) is 0 Å².